The lowest BCUT2D eigenvalue weighted by Gasteiger charge is -2.40. The monoisotopic (exact) mass is 371 g/mol. The number of hydrogen-bond donors (Lipinski definition) is 1. The summed E-state index contributed by atoms with van der Waals surface area (Å²) in [5, 5.41) is 10.1. The SMILES string of the molecule is CN1CC[C@@H](O)[C@H](C(=O)N2CCN(c3cccc(C(F)(F)F)c3)CC2)C1. The van der Waals surface area contributed by atoms with Gasteiger partial charge in [-0.25, -0.2) is 0 Å². The number of nitrogens with zero attached hydrogens (tertiary/aromatic N) is 3. The van der Waals surface area contributed by atoms with Crippen LogP contribution in [-0.2, 0) is 11.0 Å². The molecule has 0 bridgehead atoms. The Hall–Kier alpha value is -1.80. The molecule has 2 aliphatic rings. The Morgan fingerprint density at radius 3 is 2.50 bits per heavy atom. The zero-order valence-electron chi connectivity index (χ0n) is 14.7. The van der Waals surface area contributed by atoms with Gasteiger partial charge in [-0.1, -0.05) is 6.07 Å². The van der Waals surface area contributed by atoms with Crippen molar-refractivity contribution in [3.63, 3.8) is 0 Å². The van der Waals surface area contributed by atoms with Crippen molar-refractivity contribution in [1.29, 1.82) is 0 Å². The molecule has 0 aliphatic carbocycles. The van der Waals surface area contributed by atoms with Crippen LogP contribution in [0.2, 0.25) is 0 Å². The van der Waals surface area contributed by atoms with Gasteiger partial charge in [-0.2, -0.15) is 13.2 Å². The van der Waals surface area contributed by atoms with E-state index < -0.39 is 23.8 Å². The van der Waals surface area contributed by atoms with E-state index in [1.165, 1.54) is 6.07 Å². The topological polar surface area (TPSA) is 47.0 Å². The number of aliphatic hydroxyl groups excluding tert-OH is 1. The summed E-state index contributed by atoms with van der Waals surface area (Å²) in [5.74, 6) is -0.485. The molecular formula is C18H24F3N3O2. The molecule has 0 saturated carbocycles. The molecule has 0 spiro atoms. The summed E-state index contributed by atoms with van der Waals surface area (Å²) in [6.07, 6.45) is -4.41. The summed E-state index contributed by atoms with van der Waals surface area (Å²) in [4.78, 5) is 18.3. The van der Waals surface area contributed by atoms with Crippen molar-refractivity contribution >= 4 is 11.6 Å². The molecule has 144 valence electrons. The first-order valence-electron chi connectivity index (χ1n) is 8.83. The summed E-state index contributed by atoms with van der Waals surface area (Å²) >= 11 is 0. The van der Waals surface area contributed by atoms with E-state index in [1.54, 1.807) is 11.0 Å². The molecule has 2 heterocycles. The number of piperidine rings is 1. The number of benzene rings is 1. The van der Waals surface area contributed by atoms with Crippen LogP contribution >= 0.6 is 0 Å². The van der Waals surface area contributed by atoms with Gasteiger partial charge in [0.05, 0.1) is 17.6 Å². The minimum absolute atomic E-state index is 0.0623. The van der Waals surface area contributed by atoms with Crippen LogP contribution in [0.5, 0.6) is 0 Å². The van der Waals surface area contributed by atoms with Crippen molar-refractivity contribution in [2.24, 2.45) is 5.92 Å². The minimum Gasteiger partial charge on any atom is -0.392 e. The largest absolute Gasteiger partial charge is 0.416 e. The summed E-state index contributed by atoms with van der Waals surface area (Å²) in [6, 6.07) is 5.28. The van der Waals surface area contributed by atoms with E-state index in [2.05, 4.69) is 0 Å². The molecule has 1 amide bonds. The van der Waals surface area contributed by atoms with E-state index in [4.69, 9.17) is 0 Å². The Bertz CT molecular complexity index is 645. The quantitative estimate of drug-likeness (QED) is 0.859. The van der Waals surface area contributed by atoms with Crippen LogP contribution in [0, 0.1) is 5.92 Å². The number of carbonyl (C=O) groups is 1. The number of amides is 1. The average Bonchev–Trinajstić information content (AvgIpc) is 2.63. The van der Waals surface area contributed by atoms with Gasteiger partial charge in [0.25, 0.3) is 0 Å². The van der Waals surface area contributed by atoms with Crippen molar-refractivity contribution in [2.75, 3.05) is 51.2 Å². The molecule has 2 saturated heterocycles. The zero-order chi connectivity index (χ0) is 18.9. The molecule has 0 unspecified atom stereocenters. The third kappa shape index (κ3) is 4.12. The van der Waals surface area contributed by atoms with Crippen molar-refractivity contribution in [1.82, 2.24) is 9.80 Å². The second-order valence-corrected chi connectivity index (χ2v) is 7.09. The molecule has 0 aromatic heterocycles. The fourth-order valence-electron chi connectivity index (χ4n) is 3.64. The maximum atomic E-state index is 12.9. The molecule has 3 rings (SSSR count). The third-order valence-electron chi connectivity index (χ3n) is 5.23. The summed E-state index contributed by atoms with van der Waals surface area (Å²) < 4.78 is 38.6. The lowest BCUT2D eigenvalue weighted by Crippen LogP contribution is -2.55. The number of likely N-dealkylation sites (tertiary alicyclic amines) is 1. The molecule has 0 radical (unpaired) electrons. The highest BCUT2D eigenvalue weighted by atomic mass is 19.4. The van der Waals surface area contributed by atoms with Crippen molar-refractivity contribution in [3.05, 3.63) is 29.8 Å². The van der Waals surface area contributed by atoms with Gasteiger partial charge >= 0.3 is 6.18 Å². The van der Waals surface area contributed by atoms with Crippen molar-refractivity contribution < 1.29 is 23.1 Å². The number of rotatable bonds is 2. The summed E-state index contributed by atoms with van der Waals surface area (Å²) in [6.45, 7) is 3.16. The average molecular weight is 371 g/mol. The van der Waals surface area contributed by atoms with Gasteiger partial charge in [0.2, 0.25) is 5.91 Å². The minimum atomic E-state index is -4.36. The number of aliphatic hydroxyl groups is 1. The van der Waals surface area contributed by atoms with E-state index in [9.17, 15) is 23.1 Å². The van der Waals surface area contributed by atoms with Crippen LogP contribution in [0.1, 0.15) is 12.0 Å². The van der Waals surface area contributed by atoms with Crippen LogP contribution in [0.25, 0.3) is 0 Å². The predicted octanol–water partition coefficient (Wildman–Crippen LogP) is 1.67. The highest BCUT2D eigenvalue weighted by Crippen LogP contribution is 2.32. The molecule has 26 heavy (non-hydrogen) atoms. The van der Waals surface area contributed by atoms with Gasteiger partial charge in [-0.05, 0) is 31.7 Å². The first-order chi connectivity index (χ1) is 12.3. The van der Waals surface area contributed by atoms with Crippen molar-refractivity contribution in [2.45, 2.75) is 18.7 Å². The van der Waals surface area contributed by atoms with Crippen LogP contribution < -0.4 is 4.90 Å². The van der Waals surface area contributed by atoms with Crippen LogP contribution in [0.3, 0.4) is 0 Å². The van der Waals surface area contributed by atoms with E-state index in [-0.39, 0.29) is 5.91 Å². The first-order valence-corrected chi connectivity index (χ1v) is 8.83. The maximum Gasteiger partial charge on any atom is 0.416 e. The molecule has 2 aliphatic heterocycles. The number of piperazine rings is 1. The molecular weight excluding hydrogens is 347 g/mol. The highest BCUT2D eigenvalue weighted by molar-refractivity contribution is 5.80. The fraction of sp³-hybridized carbons (Fsp3) is 0.611. The van der Waals surface area contributed by atoms with Crippen LogP contribution in [0.4, 0.5) is 18.9 Å². The number of anilines is 1. The molecule has 8 heteroatoms. The van der Waals surface area contributed by atoms with E-state index in [1.807, 2.05) is 16.8 Å². The standard InChI is InChI=1S/C18H24F3N3O2/c1-22-6-5-16(25)15(12-22)17(26)24-9-7-23(8-10-24)14-4-2-3-13(11-14)18(19,20)21/h2-4,11,15-16,25H,5-10,12H2,1H3/t15-,16-/m1/s1. The summed E-state index contributed by atoms with van der Waals surface area (Å²) in [7, 11) is 1.93. The lowest BCUT2D eigenvalue weighted by molar-refractivity contribution is -0.142. The highest BCUT2D eigenvalue weighted by Gasteiger charge is 2.36. The van der Waals surface area contributed by atoms with Crippen molar-refractivity contribution in [3.8, 4) is 0 Å². The first kappa shape index (κ1) is 19.0. The Labute approximate surface area is 151 Å². The number of carbonyl (C=O) groups excluding carboxylic acids is 1. The Morgan fingerprint density at radius 1 is 1.15 bits per heavy atom. The number of alkyl halides is 3. The lowest BCUT2D eigenvalue weighted by atomic mass is 9.93. The normalized spacial score (nSPS) is 25.4. The molecule has 1 N–H and O–H groups in total. The third-order valence-corrected chi connectivity index (χ3v) is 5.23. The zero-order valence-corrected chi connectivity index (χ0v) is 14.7. The van der Waals surface area contributed by atoms with E-state index in [0.29, 0.717) is 44.8 Å². The van der Waals surface area contributed by atoms with E-state index >= 15 is 0 Å². The van der Waals surface area contributed by atoms with E-state index in [0.717, 1.165) is 18.7 Å². The molecule has 1 aromatic carbocycles. The fourth-order valence-corrected chi connectivity index (χ4v) is 3.64. The predicted molar refractivity (Wildman–Crippen MR) is 91.8 cm³/mol. The maximum absolute atomic E-state index is 12.9. The molecule has 2 fully saturated rings. The molecule has 2 atom stereocenters. The Kier molecular flexibility index (Phi) is 5.43. The van der Waals surface area contributed by atoms with Gasteiger partial charge in [-0.15, -0.1) is 0 Å². The van der Waals surface area contributed by atoms with Gasteiger partial charge in [0.15, 0.2) is 0 Å². The number of hydrogen-bond acceptors (Lipinski definition) is 4. The summed E-state index contributed by atoms with van der Waals surface area (Å²) in [5.41, 5.74) is -0.147. The molecule has 5 nitrogen and oxygen atoms in total. The Balaban J connectivity index is 1.61. The molecule has 1 aromatic rings. The second kappa shape index (κ2) is 7.44. The van der Waals surface area contributed by atoms with Crippen LogP contribution in [-0.4, -0.2) is 73.2 Å². The second-order valence-electron chi connectivity index (χ2n) is 7.09. The van der Waals surface area contributed by atoms with Gasteiger partial charge in [0.1, 0.15) is 0 Å². The van der Waals surface area contributed by atoms with Crippen LogP contribution in [0.15, 0.2) is 24.3 Å². The Morgan fingerprint density at radius 2 is 1.85 bits per heavy atom. The van der Waals surface area contributed by atoms with Gasteiger partial charge < -0.3 is 19.8 Å². The number of halogens is 3. The van der Waals surface area contributed by atoms with Gasteiger partial charge in [0, 0.05) is 45.0 Å². The van der Waals surface area contributed by atoms with Gasteiger partial charge in [-0.3, -0.25) is 4.79 Å². The smallest absolute Gasteiger partial charge is 0.392 e.